The number of nitriles is 1. The van der Waals surface area contributed by atoms with E-state index < -0.39 is 11.5 Å². The maximum Gasteiger partial charge on any atom is 0.344 e. The summed E-state index contributed by atoms with van der Waals surface area (Å²) < 4.78 is 11.1. The number of nitrogens with zero attached hydrogens (tertiary/aromatic N) is 1. The number of para-hydroxylation sites is 1. The summed E-state index contributed by atoms with van der Waals surface area (Å²) in [6.07, 6.45) is 0. The molecule has 0 bridgehead atoms. The highest BCUT2D eigenvalue weighted by atomic mass is 16.5. The summed E-state index contributed by atoms with van der Waals surface area (Å²) in [5.41, 5.74) is 8.23. The minimum absolute atomic E-state index is 0.0114. The average molecular weight is 330 g/mol. The van der Waals surface area contributed by atoms with Crippen molar-refractivity contribution < 1.29 is 9.15 Å². The van der Waals surface area contributed by atoms with Crippen molar-refractivity contribution in [2.45, 2.75) is 12.8 Å². The first kappa shape index (κ1) is 15.0. The second kappa shape index (κ2) is 5.53. The van der Waals surface area contributed by atoms with Crippen LogP contribution in [-0.2, 0) is 0 Å². The van der Waals surface area contributed by atoms with Gasteiger partial charge in [-0.1, -0.05) is 42.0 Å². The summed E-state index contributed by atoms with van der Waals surface area (Å²) in [5.74, 6) is -0.248. The van der Waals surface area contributed by atoms with Crippen LogP contribution in [0, 0.1) is 18.3 Å². The summed E-state index contributed by atoms with van der Waals surface area (Å²) >= 11 is 0. The van der Waals surface area contributed by atoms with Gasteiger partial charge >= 0.3 is 5.63 Å². The van der Waals surface area contributed by atoms with Crippen molar-refractivity contribution in [1.82, 2.24) is 0 Å². The van der Waals surface area contributed by atoms with Crippen molar-refractivity contribution in [3.05, 3.63) is 87.1 Å². The monoisotopic (exact) mass is 330 g/mol. The van der Waals surface area contributed by atoms with Crippen molar-refractivity contribution in [2.24, 2.45) is 5.73 Å². The zero-order valence-electron chi connectivity index (χ0n) is 13.4. The Morgan fingerprint density at radius 2 is 1.96 bits per heavy atom. The molecule has 5 nitrogen and oxygen atoms in total. The number of rotatable bonds is 1. The molecule has 0 unspecified atom stereocenters. The molecule has 0 spiro atoms. The Bertz CT molecular complexity index is 1140. The smallest absolute Gasteiger partial charge is 0.344 e. The van der Waals surface area contributed by atoms with E-state index in [1.807, 2.05) is 37.3 Å². The van der Waals surface area contributed by atoms with Crippen LogP contribution in [0.4, 0.5) is 0 Å². The number of ether oxygens (including phenoxy) is 1. The summed E-state index contributed by atoms with van der Waals surface area (Å²) in [5, 5.41) is 10.2. The van der Waals surface area contributed by atoms with Crippen molar-refractivity contribution in [2.75, 3.05) is 0 Å². The third kappa shape index (κ3) is 2.27. The van der Waals surface area contributed by atoms with Gasteiger partial charge in [0.25, 0.3) is 0 Å². The van der Waals surface area contributed by atoms with Gasteiger partial charge in [-0.2, -0.15) is 5.26 Å². The molecule has 0 saturated carbocycles. The summed E-state index contributed by atoms with van der Waals surface area (Å²) in [4.78, 5) is 12.7. The standard InChI is InChI=1S/C20H14N2O3/c1-11-5-4-6-12(9-11)16-14(10-21)19(22)25-18-13-7-2-3-8-15(13)24-20(23)17(16)18/h2-9,16H,22H2,1H3/t16-/m0/s1. The third-order valence-electron chi connectivity index (χ3n) is 4.35. The van der Waals surface area contributed by atoms with Crippen molar-refractivity contribution >= 4 is 11.0 Å². The lowest BCUT2D eigenvalue weighted by Crippen LogP contribution is -2.26. The molecule has 1 atom stereocenters. The Morgan fingerprint density at radius 3 is 2.72 bits per heavy atom. The molecule has 25 heavy (non-hydrogen) atoms. The van der Waals surface area contributed by atoms with Gasteiger partial charge in [0.2, 0.25) is 5.88 Å². The topological polar surface area (TPSA) is 89.3 Å². The van der Waals surface area contributed by atoms with Crippen LogP contribution in [-0.4, -0.2) is 0 Å². The Morgan fingerprint density at radius 1 is 1.16 bits per heavy atom. The fraction of sp³-hybridized carbons (Fsp3) is 0.100. The Hall–Kier alpha value is -3.52. The van der Waals surface area contributed by atoms with E-state index in [4.69, 9.17) is 14.9 Å². The zero-order valence-corrected chi connectivity index (χ0v) is 13.4. The van der Waals surface area contributed by atoms with E-state index in [1.165, 1.54) is 0 Å². The van der Waals surface area contributed by atoms with E-state index >= 15 is 0 Å². The quantitative estimate of drug-likeness (QED) is 0.691. The van der Waals surface area contributed by atoms with E-state index in [1.54, 1.807) is 18.2 Å². The van der Waals surface area contributed by atoms with Gasteiger partial charge in [0, 0.05) is 0 Å². The van der Waals surface area contributed by atoms with Crippen LogP contribution in [0.1, 0.15) is 22.6 Å². The highest BCUT2D eigenvalue weighted by molar-refractivity contribution is 5.86. The molecule has 4 rings (SSSR count). The number of aryl methyl sites for hydroxylation is 1. The first-order chi connectivity index (χ1) is 12.1. The van der Waals surface area contributed by atoms with E-state index in [2.05, 4.69) is 6.07 Å². The Kier molecular flexibility index (Phi) is 3.33. The summed E-state index contributed by atoms with van der Waals surface area (Å²) in [7, 11) is 0. The van der Waals surface area contributed by atoms with E-state index in [0.717, 1.165) is 11.1 Å². The van der Waals surface area contributed by atoms with Crippen LogP contribution in [0.25, 0.3) is 11.0 Å². The highest BCUT2D eigenvalue weighted by Gasteiger charge is 2.35. The predicted molar refractivity (Wildman–Crippen MR) is 93.0 cm³/mol. The van der Waals surface area contributed by atoms with Crippen molar-refractivity contribution in [3.63, 3.8) is 0 Å². The molecule has 1 aromatic heterocycles. The van der Waals surface area contributed by atoms with Crippen LogP contribution < -0.4 is 16.1 Å². The van der Waals surface area contributed by atoms with Crippen LogP contribution in [0.2, 0.25) is 0 Å². The molecule has 1 aliphatic rings. The minimum Gasteiger partial charge on any atom is -0.439 e. The Labute approximate surface area is 143 Å². The number of nitrogens with two attached hydrogens (primary N) is 1. The van der Waals surface area contributed by atoms with Crippen LogP contribution in [0.15, 0.2) is 69.2 Å². The first-order valence-electron chi connectivity index (χ1n) is 7.80. The van der Waals surface area contributed by atoms with Gasteiger partial charge in [-0.3, -0.25) is 0 Å². The van der Waals surface area contributed by atoms with E-state index in [-0.39, 0.29) is 11.5 Å². The lowest BCUT2D eigenvalue weighted by Gasteiger charge is -2.26. The molecule has 122 valence electrons. The van der Waals surface area contributed by atoms with Crippen LogP contribution >= 0.6 is 0 Å². The maximum atomic E-state index is 12.7. The van der Waals surface area contributed by atoms with Crippen molar-refractivity contribution in [3.8, 4) is 11.8 Å². The van der Waals surface area contributed by atoms with Gasteiger partial charge in [-0.15, -0.1) is 0 Å². The molecular weight excluding hydrogens is 316 g/mol. The molecule has 0 saturated heterocycles. The second-order valence-corrected chi connectivity index (χ2v) is 5.97. The molecular formula is C20H14N2O3. The molecule has 0 fully saturated rings. The van der Waals surface area contributed by atoms with Gasteiger partial charge in [0.15, 0.2) is 5.75 Å². The Balaban J connectivity index is 2.10. The molecule has 5 heteroatoms. The van der Waals surface area contributed by atoms with Crippen LogP contribution in [0.3, 0.4) is 0 Å². The fourth-order valence-corrected chi connectivity index (χ4v) is 3.25. The molecule has 0 aliphatic carbocycles. The SMILES string of the molecule is Cc1cccc([C@H]2C(C#N)=C(N)Oc3c2c(=O)oc2ccccc32)c1. The van der Waals surface area contributed by atoms with Gasteiger partial charge < -0.3 is 14.9 Å². The van der Waals surface area contributed by atoms with Crippen molar-refractivity contribution in [1.29, 1.82) is 5.26 Å². The largest absolute Gasteiger partial charge is 0.439 e. The number of hydrogen-bond donors (Lipinski definition) is 1. The number of allylic oxidation sites excluding steroid dienone is 1. The summed E-state index contributed by atoms with van der Waals surface area (Å²) in [6, 6.07) is 16.8. The molecule has 0 radical (unpaired) electrons. The number of fused-ring (bicyclic) bond motifs is 3. The third-order valence-corrected chi connectivity index (χ3v) is 4.35. The van der Waals surface area contributed by atoms with Gasteiger partial charge in [-0.05, 0) is 24.6 Å². The molecule has 0 amide bonds. The van der Waals surface area contributed by atoms with E-state index in [9.17, 15) is 10.1 Å². The molecule has 3 aromatic rings. The number of hydrogen-bond acceptors (Lipinski definition) is 5. The molecule has 1 aliphatic heterocycles. The van der Waals surface area contributed by atoms with Gasteiger partial charge in [-0.25, -0.2) is 4.79 Å². The zero-order chi connectivity index (χ0) is 17.6. The minimum atomic E-state index is -0.616. The summed E-state index contributed by atoms with van der Waals surface area (Å²) in [6.45, 7) is 1.95. The van der Waals surface area contributed by atoms with Gasteiger partial charge in [0.1, 0.15) is 17.2 Å². The van der Waals surface area contributed by atoms with Crippen LogP contribution in [0.5, 0.6) is 5.75 Å². The fourth-order valence-electron chi connectivity index (χ4n) is 3.25. The maximum absolute atomic E-state index is 12.7. The average Bonchev–Trinajstić information content (AvgIpc) is 2.60. The second-order valence-electron chi connectivity index (χ2n) is 5.97. The molecule has 2 aromatic carbocycles. The predicted octanol–water partition coefficient (Wildman–Crippen LogP) is 3.32. The van der Waals surface area contributed by atoms with E-state index in [0.29, 0.717) is 22.3 Å². The lowest BCUT2D eigenvalue weighted by molar-refractivity contribution is 0.388. The number of benzene rings is 2. The lowest BCUT2D eigenvalue weighted by atomic mass is 9.83. The molecule has 2 heterocycles. The normalized spacial score (nSPS) is 16.2. The van der Waals surface area contributed by atoms with Gasteiger partial charge in [0.05, 0.1) is 16.9 Å². The molecule has 2 N–H and O–H groups in total. The highest BCUT2D eigenvalue weighted by Crippen LogP contribution is 2.43. The first-order valence-corrected chi connectivity index (χ1v) is 7.80.